The quantitative estimate of drug-likeness (QED) is 0.759. The Kier molecular flexibility index (Phi) is 2.88. The minimum absolute atomic E-state index is 0.261. The van der Waals surface area contributed by atoms with Crippen molar-refractivity contribution in [3.8, 4) is 0 Å². The van der Waals surface area contributed by atoms with Crippen LogP contribution in [0.5, 0.6) is 0 Å². The monoisotopic (exact) mass is 217 g/mol. The second kappa shape index (κ2) is 4.33. The molecule has 0 aliphatic carbocycles. The smallest absolute Gasteiger partial charge is 0.125 e. The van der Waals surface area contributed by atoms with Gasteiger partial charge in [-0.15, -0.1) is 0 Å². The third kappa shape index (κ3) is 2.04. The lowest BCUT2D eigenvalue weighted by atomic mass is 10.0. The number of nitrogen functional groups attached to an aromatic ring is 1. The van der Waals surface area contributed by atoms with Gasteiger partial charge in [0, 0.05) is 11.3 Å². The van der Waals surface area contributed by atoms with Crippen LogP contribution in [0.4, 0.5) is 10.1 Å². The number of anilines is 1. The van der Waals surface area contributed by atoms with E-state index in [1.54, 1.807) is 12.1 Å². The van der Waals surface area contributed by atoms with Crippen molar-refractivity contribution in [2.75, 3.05) is 5.73 Å². The Labute approximate surface area is 93.2 Å². The van der Waals surface area contributed by atoms with Crippen LogP contribution in [0.3, 0.4) is 0 Å². The van der Waals surface area contributed by atoms with Crippen molar-refractivity contribution in [2.24, 2.45) is 0 Å². The highest BCUT2D eigenvalue weighted by Crippen LogP contribution is 2.26. The molecule has 0 spiro atoms. The Morgan fingerprint density at radius 2 is 1.75 bits per heavy atom. The highest BCUT2D eigenvalue weighted by atomic mass is 19.1. The Morgan fingerprint density at radius 3 is 2.38 bits per heavy atom. The zero-order valence-electron chi connectivity index (χ0n) is 8.60. The molecule has 3 N–H and O–H groups in total. The van der Waals surface area contributed by atoms with Gasteiger partial charge in [-0.05, 0) is 17.7 Å². The molecular formula is C13H12FNO. The minimum atomic E-state index is -0.818. The molecule has 3 heteroatoms. The molecule has 0 saturated heterocycles. The minimum Gasteiger partial charge on any atom is -0.398 e. The van der Waals surface area contributed by atoms with Crippen LogP contribution in [0.25, 0.3) is 0 Å². The van der Waals surface area contributed by atoms with Crippen molar-refractivity contribution in [3.63, 3.8) is 0 Å². The third-order valence-electron chi connectivity index (χ3n) is 2.46. The van der Waals surface area contributed by atoms with Gasteiger partial charge in [0.1, 0.15) is 11.9 Å². The number of halogens is 1. The van der Waals surface area contributed by atoms with Gasteiger partial charge in [0.05, 0.1) is 0 Å². The van der Waals surface area contributed by atoms with Gasteiger partial charge in [-0.2, -0.15) is 0 Å². The van der Waals surface area contributed by atoms with E-state index in [4.69, 9.17) is 5.73 Å². The molecule has 0 amide bonds. The van der Waals surface area contributed by atoms with Crippen LogP contribution in [0.1, 0.15) is 17.2 Å². The van der Waals surface area contributed by atoms with E-state index in [2.05, 4.69) is 0 Å². The molecule has 2 nitrogen and oxygen atoms in total. The SMILES string of the molecule is Nc1cc(F)ccc1C(O)c1ccccc1. The normalized spacial score (nSPS) is 12.4. The summed E-state index contributed by atoms with van der Waals surface area (Å²) in [5.41, 5.74) is 7.18. The molecule has 0 fully saturated rings. The van der Waals surface area contributed by atoms with Crippen LogP contribution < -0.4 is 5.73 Å². The molecule has 82 valence electrons. The average molecular weight is 217 g/mol. The van der Waals surface area contributed by atoms with E-state index >= 15 is 0 Å². The summed E-state index contributed by atoms with van der Waals surface area (Å²) in [6.07, 6.45) is -0.818. The van der Waals surface area contributed by atoms with Gasteiger partial charge < -0.3 is 10.8 Å². The molecule has 0 radical (unpaired) electrons. The fraction of sp³-hybridized carbons (Fsp3) is 0.0769. The lowest BCUT2D eigenvalue weighted by Gasteiger charge is -2.13. The van der Waals surface area contributed by atoms with Gasteiger partial charge in [0.15, 0.2) is 0 Å². The predicted molar refractivity (Wildman–Crippen MR) is 61.3 cm³/mol. The maximum absolute atomic E-state index is 12.9. The molecule has 1 atom stereocenters. The van der Waals surface area contributed by atoms with Crippen molar-refractivity contribution in [1.82, 2.24) is 0 Å². The number of benzene rings is 2. The van der Waals surface area contributed by atoms with E-state index in [1.807, 2.05) is 18.2 Å². The fourth-order valence-electron chi connectivity index (χ4n) is 1.61. The first-order chi connectivity index (χ1) is 7.68. The van der Waals surface area contributed by atoms with Gasteiger partial charge in [0.2, 0.25) is 0 Å². The van der Waals surface area contributed by atoms with Crippen LogP contribution in [-0.2, 0) is 0 Å². The first-order valence-corrected chi connectivity index (χ1v) is 4.96. The van der Waals surface area contributed by atoms with Crippen LogP contribution in [-0.4, -0.2) is 5.11 Å². The Balaban J connectivity index is 2.38. The Morgan fingerprint density at radius 1 is 1.06 bits per heavy atom. The van der Waals surface area contributed by atoms with Crippen molar-refractivity contribution in [3.05, 3.63) is 65.5 Å². The number of nitrogens with two attached hydrogens (primary N) is 1. The molecule has 0 aromatic heterocycles. The number of aliphatic hydroxyl groups is 1. The van der Waals surface area contributed by atoms with E-state index in [0.717, 1.165) is 5.56 Å². The maximum atomic E-state index is 12.9. The molecule has 0 saturated carbocycles. The van der Waals surface area contributed by atoms with Crippen LogP contribution >= 0.6 is 0 Å². The molecule has 0 heterocycles. The van der Waals surface area contributed by atoms with Crippen molar-refractivity contribution >= 4 is 5.69 Å². The third-order valence-corrected chi connectivity index (χ3v) is 2.46. The molecule has 1 unspecified atom stereocenters. The molecule has 0 bridgehead atoms. The summed E-state index contributed by atoms with van der Waals surface area (Å²) in [4.78, 5) is 0. The molecule has 16 heavy (non-hydrogen) atoms. The molecular weight excluding hydrogens is 205 g/mol. The molecule has 2 rings (SSSR count). The highest BCUT2D eigenvalue weighted by molar-refractivity contribution is 5.50. The standard InChI is InChI=1S/C13H12FNO/c14-10-6-7-11(12(15)8-10)13(16)9-4-2-1-3-5-9/h1-8,13,16H,15H2. The zero-order valence-corrected chi connectivity index (χ0v) is 8.60. The van der Waals surface area contributed by atoms with Gasteiger partial charge in [-0.25, -0.2) is 4.39 Å². The Bertz CT molecular complexity index is 485. The summed E-state index contributed by atoms with van der Waals surface area (Å²) < 4.78 is 12.9. The van der Waals surface area contributed by atoms with Crippen molar-refractivity contribution < 1.29 is 9.50 Å². The summed E-state index contributed by atoms with van der Waals surface area (Å²) >= 11 is 0. The summed E-state index contributed by atoms with van der Waals surface area (Å²) in [6.45, 7) is 0. The van der Waals surface area contributed by atoms with Gasteiger partial charge in [0.25, 0.3) is 0 Å². The number of rotatable bonds is 2. The lowest BCUT2D eigenvalue weighted by molar-refractivity contribution is 0.221. The van der Waals surface area contributed by atoms with E-state index < -0.39 is 11.9 Å². The van der Waals surface area contributed by atoms with E-state index in [-0.39, 0.29) is 5.69 Å². The summed E-state index contributed by atoms with van der Waals surface area (Å²) in [5.74, 6) is -0.401. The van der Waals surface area contributed by atoms with E-state index in [1.165, 1.54) is 18.2 Å². The summed E-state index contributed by atoms with van der Waals surface area (Å²) in [7, 11) is 0. The molecule has 0 aliphatic rings. The predicted octanol–water partition coefficient (Wildman–Crippen LogP) is 2.49. The highest BCUT2D eigenvalue weighted by Gasteiger charge is 2.13. The second-order valence-corrected chi connectivity index (χ2v) is 3.59. The summed E-state index contributed by atoms with van der Waals surface area (Å²) in [5, 5.41) is 10.1. The lowest BCUT2D eigenvalue weighted by Crippen LogP contribution is -2.03. The van der Waals surface area contributed by atoms with E-state index in [9.17, 15) is 9.50 Å². The van der Waals surface area contributed by atoms with E-state index in [0.29, 0.717) is 5.56 Å². The number of hydrogen-bond acceptors (Lipinski definition) is 2. The topological polar surface area (TPSA) is 46.2 Å². The number of aliphatic hydroxyl groups excluding tert-OH is 1. The van der Waals surface area contributed by atoms with Gasteiger partial charge >= 0.3 is 0 Å². The van der Waals surface area contributed by atoms with Gasteiger partial charge in [-0.1, -0.05) is 36.4 Å². The molecule has 2 aromatic carbocycles. The largest absolute Gasteiger partial charge is 0.398 e. The summed E-state index contributed by atoms with van der Waals surface area (Å²) in [6, 6.07) is 13.1. The zero-order chi connectivity index (χ0) is 11.5. The maximum Gasteiger partial charge on any atom is 0.125 e. The van der Waals surface area contributed by atoms with Crippen LogP contribution in [0, 0.1) is 5.82 Å². The number of hydrogen-bond donors (Lipinski definition) is 2. The molecule has 0 aliphatic heterocycles. The van der Waals surface area contributed by atoms with Crippen molar-refractivity contribution in [1.29, 1.82) is 0 Å². The Hall–Kier alpha value is -1.87. The van der Waals surface area contributed by atoms with Crippen molar-refractivity contribution in [2.45, 2.75) is 6.10 Å². The van der Waals surface area contributed by atoms with Gasteiger partial charge in [-0.3, -0.25) is 0 Å². The first kappa shape index (κ1) is 10.6. The second-order valence-electron chi connectivity index (χ2n) is 3.59. The fourth-order valence-corrected chi connectivity index (χ4v) is 1.61. The van der Waals surface area contributed by atoms with Crippen LogP contribution in [0.15, 0.2) is 48.5 Å². The van der Waals surface area contributed by atoms with Crippen LogP contribution in [0.2, 0.25) is 0 Å². The first-order valence-electron chi connectivity index (χ1n) is 4.96. The average Bonchev–Trinajstić information content (AvgIpc) is 2.29. The molecule has 2 aromatic rings.